The molecule has 0 bridgehead atoms. The molecule has 112 valence electrons. The molecule has 0 radical (unpaired) electrons. The Morgan fingerprint density at radius 2 is 2.14 bits per heavy atom. The van der Waals surface area contributed by atoms with Gasteiger partial charge >= 0.3 is 5.97 Å². The van der Waals surface area contributed by atoms with Gasteiger partial charge in [0.05, 0.1) is 16.6 Å². The predicted octanol–water partition coefficient (Wildman–Crippen LogP) is 4.00. The van der Waals surface area contributed by atoms with Gasteiger partial charge in [-0.15, -0.1) is 0 Å². The molecule has 0 saturated heterocycles. The Labute approximate surface area is 124 Å². The number of carboxylic acids is 1. The summed E-state index contributed by atoms with van der Waals surface area (Å²) in [6, 6.07) is 5.70. The van der Waals surface area contributed by atoms with Crippen LogP contribution in [0, 0.1) is 5.92 Å². The Morgan fingerprint density at radius 1 is 1.43 bits per heavy atom. The molecule has 0 spiro atoms. The number of rotatable bonds is 3. The van der Waals surface area contributed by atoms with Gasteiger partial charge in [-0.1, -0.05) is 34.1 Å². The van der Waals surface area contributed by atoms with Crippen LogP contribution >= 0.6 is 0 Å². The molecule has 0 aliphatic heterocycles. The molecule has 1 aliphatic carbocycles. The summed E-state index contributed by atoms with van der Waals surface area (Å²) >= 11 is 0. The Kier molecular flexibility index (Phi) is 3.08. The molecule has 1 aliphatic rings. The minimum Gasteiger partial charge on any atom is -0.478 e. The van der Waals surface area contributed by atoms with Gasteiger partial charge in [0.2, 0.25) is 0 Å². The van der Waals surface area contributed by atoms with Crippen LogP contribution < -0.4 is 0 Å². The van der Waals surface area contributed by atoms with Crippen LogP contribution in [0.4, 0.5) is 0 Å². The van der Waals surface area contributed by atoms with E-state index >= 15 is 0 Å². The van der Waals surface area contributed by atoms with Crippen molar-refractivity contribution in [2.75, 3.05) is 0 Å². The van der Waals surface area contributed by atoms with E-state index in [1.165, 1.54) is 6.42 Å². The summed E-state index contributed by atoms with van der Waals surface area (Å²) in [5.41, 5.74) is 2.13. The van der Waals surface area contributed by atoms with E-state index in [0.29, 0.717) is 17.5 Å². The van der Waals surface area contributed by atoms with Crippen molar-refractivity contribution in [3.05, 3.63) is 29.6 Å². The zero-order chi connectivity index (χ0) is 15.4. The number of carbonyl (C=O) groups is 1. The second-order valence-electron chi connectivity index (χ2n) is 7.04. The third-order valence-corrected chi connectivity index (χ3v) is 4.35. The average Bonchev–Trinajstić information content (AvgIpc) is 3.08. The van der Waals surface area contributed by atoms with Crippen molar-refractivity contribution in [2.24, 2.45) is 5.92 Å². The fourth-order valence-electron chi connectivity index (χ4n) is 3.08. The lowest BCUT2D eigenvalue weighted by atomic mass is 9.95. The van der Waals surface area contributed by atoms with Gasteiger partial charge in [0, 0.05) is 11.5 Å². The molecule has 1 aromatic carbocycles. The maximum absolute atomic E-state index is 11.2. The number of hydrogen-bond acceptors (Lipinski definition) is 2. The first-order valence-electron chi connectivity index (χ1n) is 7.58. The van der Waals surface area contributed by atoms with Crippen LogP contribution in [0.1, 0.15) is 62.8 Å². The van der Waals surface area contributed by atoms with Crippen LogP contribution in [-0.2, 0) is 5.41 Å². The third kappa shape index (κ3) is 2.33. The lowest BCUT2D eigenvalue weighted by molar-refractivity contribution is 0.0697. The standard InChI is InChI=1S/C17H22N2O2/c1-5-10-8-13(10)19-14-9-11(15(20)21)6-7-12(14)18-16(19)17(2,3)4/h6-7,9-10,13H,5,8H2,1-4H3,(H,20,21). The summed E-state index contributed by atoms with van der Waals surface area (Å²) in [6.07, 6.45) is 2.33. The van der Waals surface area contributed by atoms with Crippen molar-refractivity contribution in [2.45, 2.75) is 52.0 Å². The monoisotopic (exact) mass is 286 g/mol. The zero-order valence-corrected chi connectivity index (χ0v) is 13.1. The first kappa shape index (κ1) is 14.1. The number of nitrogens with zero attached hydrogens (tertiary/aromatic N) is 2. The second-order valence-corrected chi connectivity index (χ2v) is 7.04. The second kappa shape index (κ2) is 4.58. The summed E-state index contributed by atoms with van der Waals surface area (Å²) < 4.78 is 2.29. The number of benzene rings is 1. The molecule has 0 amide bonds. The quantitative estimate of drug-likeness (QED) is 0.927. The summed E-state index contributed by atoms with van der Waals surface area (Å²) in [5.74, 6) is 0.864. The van der Waals surface area contributed by atoms with Crippen molar-refractivity contribution in [3.63, 3.8) is 0 Å². The highest BCUT2D eigenvalue weighted by atomic mass is 16.4. The molecule has 4 nitrogen and oxygen atoms in total. The predicted molar refractivity (Wildman–Crippen MR) is 82.8 cm³/mol. The molecule has 4 heteroatoms. The van der Waals surface area contributed by atoms with Crippen molar-refractivity contribution in [3.8, 4) is 0 Å². The lowest BCUT2D eigenvalue weighted by Crippen LogP contribution is -2.19. The van der Waals surface area contributed by atoms with E-state index in [-0.39, 0.29) is 5.41 Å². The van der Waals surface area contributed by atoms with Gasteiger partial charge in [0.1, 0.15) is 5.82 Å². The zero-order valence-electron chi connectivity index (χ0n) is 13.1. The summed E-state index contributed by atoms with van der Waals surface area (Å²) in [7, 11) is 0. The molecule has 2 atom stereocenters. The van der Waals surface area contributed by atoms with Crippen LogP contribution in [0.3, 0.4) is 0 Å². The van der Waals surface area contributed by atoms with E-state index in [1.54, 1.807) is 12.1 Å². The van der Waals surface area contributed by atoms with Gasteiger partial charge in [0.15, 0.2) is 0 Å². The maximum atomic E-state index is 11.2. The summed E-state index contributed by atoms with van der Waals surface area (Å²) in [5, 5.41) is 9.22. The van der Waals surface area contributed by atoms with Crippen LogP contribution in [0.2, 0.25) is 0 Å². The Bertz CT molecular complexity index is 709. The van der Waals surface area contributed by atoms with Crippen molar-refractivity contribution in [1.82, 2.24) is 9.55 Å². The van der Waals surface area contributed by atoms with Crippen LogP contribution in [-0.4, -0.2) is 20.6 Å². The fraction of sp³-hybridized carbons (Fsp3) is 0.529. The molecular formula is C17H22N2O2. The van der Waals surface area contributed by atoms with Gasteiger partial charge in [-0.25, -0.2) is 9.78 Å². The molecule has 21 heavy (non-hydrogen) atoms. The molecule has 1 fully saturated rings. The molecule has 1 N–H and O–H groups in total. The largest absolute Gasteiger partial charge is 0.478 e. The third-order valence-electron chi connectivity index (χ3n) is 4.35. The Balaban J connectivity index is 2.23. The Morgan fingerprint density at radius 3 is 2.67 bits per heavy atom. The SMILES string of the molecule is CCC1CC1n1c(C(C)(C)C)nc2ccc(C(=O)O)cc21. The van der Waals surface area contributed by atoms with E-state index in [1.807, 2.05) is 6.07 Å². The van der Waals surface area contributed by atoms with E-state index in [0.717, 1.165) is 23.3 Å². The first-order chi connectivity index (χ1) is 9.82. The van der Waals surface area contributed by atoms with E-state index in [2.05, 4.69) is 32.3 Å². The van der Waals surface area contributed by atoms with Gasteiger partial charge < -0.3 is 9.67 Å². The first-order valence-corrected chi connectivity index (χ1v) is 7.58. The van der Waals surface area contributed by atoms with Crippen molar-refractivity contribution < 1.29 is 9.90 Å². The molecular weight excluding hydrogens is 264 g/mol. The van der Waals surface area contributed by atoms with Gasteiger partial charge in [-0.2, -0.15) is 0 Å². The average molecular weight is 286 g/mol. The molecule has 1 heterocycles. The highest BCUT2D eigenvalue weighted by molar-refractivity contribution is 5.92. The van der Waals surface area contributed by atoms with Crippen molar-refractivity contribution >= 4 is 17.0 Å². The van der Waals surface area contributed by atoms with Gasteiger partial charge in [-0.3, -0.25) is 0 Å². The van der Waals surface area contributed by atoms with E-state index in [4.69, 9.17) is 4.98 Å². The van der Waals surface area contributed by atoms with Crippen LogP contribution in [0.25, 0.3) is 11.0 Å². The number of fused-ring (bicyclic) bond motifs is 1. The molecule has 1 saturated carbocycles. The minimum atomic E-state index is -0.884. The number of imidazole rings is 1. The van der Waals surface area contributed by atoms with E-state index in [9.17, 15) is 9.90 Å². The maximum Gasteiger partial charge on any atom is 0.335 e. The topological polar surface area (TPSA) is 55.1 Å². The lowest BCUT2D eigenvalue weighted by Gasteiger charge is -2.20. The molecule has 3 rings (SSSR count). The van der Waals surface area contributed by atoms with Gasteiger partial charge in [-0.05, 0) is 30.5 Å². The van der Waals surface area contributed by atoms with Crippen LogP contribution in [0.5, 0.6) is 0 Å². The summed E-state index contributed by atoms with van der Waals surface area (Å²) in [4.78, 5) is 16.0. The molecule has 1 aromatic heterocycles. The smallest absolute Gasteiger partial charge is 0.335 e. The number of hydrogen-bond donors (Lipinski definition) is 1. The normalized spacial score (nSPS) is 21.7. The highest BCUT2D eigenvalue weighted by Crippen LogP contribution is 2.48. The minimum absolute atomic E-state index is 0.0523. The number of aromatic carboxylic acids is 1. The molecule has 2 aromatic rings. The van der Waals surface area contributed by atoms with Crippen molar-refractivity contribution in [1.29, 1.82) is 0 Å². The molecule has 2 unspecified atom stereocenters. The number of carboxylic acid groups (broad SMARTS) is 1. The highest BCUT2D eigenvalue weighted by Gasteiger charge is 2.40. The van der Waals surface area contributed by atoms with Crippen LogP contribution in [0.15, 0.2) is 18.2 Å². The van der Waals surface area contributed by atoms with Gasteiger partial charge in [0.25, 0.3) is 0 Å². The van der Waals surface area contributed by atoms with E-state index < -0.39 is 5.97 Å². The Hall–Kier alpha value is -1.84. The summed E-state index contributed by atoms with van der Waals surface area (Å²) in [6.45, 7) is 8.69. The fourth-order valence-corrected chi connectivity index (χ4v) is 3.08. The number of aromatic nitrogens is 2.